The van der Waals surface area contributed by atoms with Gasteiger partial charge in [0.1, 0.15) is 18.1 Å². The van der Waals surface area contributed by atoms with Gasteiger partial charge in [0.15, 0.2) is 0 Å². The van der Waals surface area contributed by atoms with E-state index < -0.39 is 0 Å². The first kappa shape index (κ1) is 20.7. The van der Waals surface area contributed by atoms with Gasteiger partial charge in [0, 0.05) is 38.4 Å². The van der Waals surface area contributed by atoms with E-state index in [0.29, 0.717) is 34.8 Å². The molecule has 0 radical (unpaired) electrons. The van der Waals surface area contributed by atoms with Gasteiger partial charge < -0.3 is 14.8 Å². The van der Waals surface area contributed by atoms with Gasteiger partial charge in [-0.2, -0.15) is 0 Å². The van der Waals surface area contributed by atoms with E-state index in [4.69, 9.17) is 44.3 Å². The van der Waals surface area contributed by atoms with Gasteiger partial charge in [0.25, 0.3) is 0 Å². The third kappa shape index (κ3) is 5.71. The molecule has 0 fully saturated rings. The predicted molar refractivity (Wildman–Crippen MR) is 117 cm³/mol. The normalized spacial score (nSPS) is 10.6. The summed E-state index contributed by atoms with van der Waals surface area (Å²) in [6, 6.07) is 18.7. The van der Waals surface area contributed by atoms with Crippen molar-refractivity contribution >= 4 is 40.5 Å². The van der Waals surface area contributed by atoms with Gasteiger partial charge in [0.2, 0.25) is 0 Å². The number of ether oxygens (including phenoxy) is 2. The predicted octanol–water partition coefficient (Wildman–Crippen LogP) is 7.24. The van der Waals surface area contributed by atoms with Gasteiger partial charge in [0.05, 0.1) is 6.61 Å². The van der Waals surface area contributed by atoms with E-state index in [1.165, 1.54) is 0 Å². The molecular formula is C22H20Cl3NO2. The number of rotatable bonds is 8. The van der Waals surface area contributed by atoms with Crippen molar-refractivity contribution < 1.29 is 9.47 Å². The molecule has 0 saturated heterocycles. The first-order chi connectivity index (χ1) is 13.5. The maximum absolute atomic E-state index is 6.23. The molecule has 0 amide bonds. The second-order valence-electron chi connectivity index (χ2n) is 6.09. The molecule has 0 aliphatic carbocycles. The Labute approximate surface area is 180 Å². The van der Waals surface area contributed by atoms with Crippen LogP contribution in [0.15, 0.2) is 60.7 Å². The van der Waals surface area contributed by atoms with Crippen LogP contribution in [-0.2, 0) is 13.2 Å². The highest BCUT2D eigenvalue weighted by molar-refractivity contribution is 6.35. The Kier molecular flexibility index (Phi) is 7.32. The molecule has 146 valence electrons. The Hall–Kier alpha value is -2.07. The first-order valence-electron chi connectivity index (χ1n) is 8.87. The topological polar surface area (TPSA) is 30.5 Å². The molecule has 3 aromatic carbocycles. The van der Waals surface area contributed by atoms with Crippen LogP contribution in [0.3, 0.4) is 0 Å². The van der Waals surface area contributed by atoms with Crippen LogP contribution < -0.4 is 14.8 Å². The van der Waals surface area contributed by atoms with Crippen molar-refractivity contribution in [1.29, 1.82) is 0 Å². The minimum Gasteiger partial charge on any atom is -0.494 e. The molecule has 0 spiro atoms. The molecular weight excluding hydrogens is 417 g/mol. The summed E-state index contributed by atoms with van der Waals surface area (Å²) in [4.78, 5) is 0. The van der Waals surface area contributed by atoms with E-state index in [9.17, 15) is 0 Å². The molecule has 0 aromatic heterocycles. The van der Waals surface area contributed by atoms with E-state index in [1.807, 2.05) is 49.4 Å². The lowest BCUT2D eigenvalue weighted by molar-refractivity contribution is 0.303. The molecule has 28 heavy (non-hydrogen) atoms. The van der Waals surface area contributed by atoms with Gasteiger partial charge in [-0.3, -0.25) is 0 Å². The number of hydrogen-bond donors (Lipinski definition) is 1. The highest BCUT2D eigenvalue weighted by atomic mass is 35.5. The van der Waals surface area contributed by atoms with E-state index in [1.54, 1.807) is 18.2 Å². The Balaban J connectivity index is 1.68. The lowest BCUT2D eigenvalue weighted by Crippen LogP contribution is -2.04. The van der Waals surface area contributed by atoms with Crippen LogP contribution in [0.5, 0.6) is 11.5 Å². The van der Waals surface area contributed by atoms with Crippen LogP contribution in [0.4, 0.5) is 5.69 Å². The van der Waals surface area contributed by atoms with E-state index in [0.717, 1.165) is 28.3 Å². The zero-order chi connectivity index (χ0) is 19.9. The minimum atomic E-state index is 0.341. The van der Waals surface area contributed by atoms with Gasteiger partial charge in [-0.15, -0.1) is 0 Å². The highest BCUT2D eigenvalue weighted by Gasteiger charge is 2.08. The second kappa shape index (κ2) is 9.92. The summed E-state index contributed by atoms with van der Waals surface area (Å²) < 4.78 is 11.5. The highest BCUT2D eigenvalue weighted by Crippen LogP contribution is 2.27. The molecule has 0 aliphatic rings. The fourth-order valence-corrected chi connectivity index (χ4v) is 3.31. The van der Waals surface area contributed by atoms with Crippen molar-refractivity contribution in [2.75, 3.05) is 11.9 Å². The number of benzene rings is 3. The van der Waals surface area contributed by atoms with Crippen LogP contribution in [0, 0.1) is 0 Å². The number of anilines is 1. The Morgan fingerprint density at radius 1 is 0.786 bits per heavy atom. The maximum Gasteiger partial charge on any atom is 0.124 e. The summed E-state index contributed by atoms with van der Waals surface area (Å²) in [6.07, 6.45) is 0. The molecule has 0 unspecified atom stereocenters. The lowest BCUT2D eigenvalue weighted by atomic mass is 10.2. The standard InChI is InChI=1S/C22H20Cl3NO2/c1-2-27-20-8-6-19(7-9-20)26-13-16-11-17(23)5-10-22(16)28-14-15-3-4-18(24)12-21(15)25/h3-12,26H,2,13-14H2,1H3. The van der Waals surface area contributed by atoms with Crippen molar-refractivity contribution in [3.8, 4) is 11.5 Å². The SMILES string of the molecule is CCOc1ccc(NCc2cc(Cl)ccc2OCc2ccc(Cl)cc2Cl)cc1. The van der Waals surface area contributed by atoms with Crippen molar-refractivity contribution in [2.24, 2.45) is 0 Å². The summed E-state index contributed by atoms with van der Waals surface area (Å²) >= 11 is 18.4. The van der Waals surface area contributed by atoms with Crippen molar-refractivity contribution in [3.63, 3.8) is 0 Å². The molecule has 0 heterocycles. The van der Waals surface area contributed by atoms with Crippen molar-refractivity contribution in [3.05, 3.63) is 86.9 Å². The van der Waals surface area contributed by atoms with Crippen LogP contribution in [0.2, 0.25) is 15.1 Å². The zero-order valence-corrected chi connectivity index (χ0v) is 17.6. The second-order valence-corrected chi connectivity index (χ2v) is 7.37. The van der Waals surface area contributed by atoms with Crippen LogP contribution in [-0.4, -0.2) is 6.61 Å². The summed E-state index contributed by atoms with van der Waals surface area (Å²) in [5.74, 6) is 1.59. The molecule has 3 nitrogen and oxygen atoms in total. The van der Waals surface area contributed by atoms with Crippen molar-refractivity contribution in [1.82, 2.24) is 0 Å². The summed E-state index contributed by atoms with van der Waals surface area (Å²) in [7, 11) is 0. The van der Waals surface area contributed by atoms with Crippen molar-refractivity contribution in [2.45, 2.75) is 20.1 Å². The molecule has 0 saturated carbocycles. The third-order valence-corrected chi connectivity index (χ3v) is 4.89. The van der Waals surface area contributed by atoms with E-state index in [-0.39, 0.29) is 0 Å². The number of hydrogen-bond acceptors (Lipinski definition) is 3. The third-order valence-electron chi connectivity index (χ3n) is 4.07. The number of halogens is 3. The molecule has 1 N–H and O–H groups in total. The summed E-state index contributed by atoms with van der Waals surface area (Å²) in [5.41, 5.74) is 2.80. The summed E-state index contributed by atoms with van der Waals surface area (Å²) in [6.45, 7) is 3.52. The van der Waals surface area contributed by atoms with Gasteiger partial charge >= 0.3 is 0 Å². The molecule has 6 heteroatoms. The fraction of sp³-hybridized carbons (Fsp3) is 0.182. The average Bonchev–Trinajstić information content (AvgIpc) is 2.68. The fourth-order valence-electron chi connectivity index (χ4n) is 2.65. The quantitative estimate of drug-likeness (QED) is 0.404. The molecule has 0 bridgehead atoms. The molecule has 3 aromatic rings. The monoisotopic (exact) mass is 435 g/mol. The van der Waals surface area contributed by atoms with Gasteiger partial charge in [-0.25, -0.2) is 0 Å². The number of nitrogens with one attached hydrogen (secondary N) is 1. The van der Waals surface area contributed by atoms with Crippen LogP contribution >= 0.6 is 34.8 Å². The Bertz CT molecular complexity index is 930. The smallest absolute Gasteiger partial charge is 0.124 e. The van der Waals surface area contributed by atoms with Gasteiger partial charge in [-0.05, 0) is 61.5 Å². The Morgan fingerprint density at radius 2 is 1.50 bits per heavy atom. The zero-order valence-electron chi connectivity index (χ0n) is 15.3. The van der Waals surface area contributed by atoms with Gasteiger partial charge in [-0.1, -0.05) is 40.9 Å². The first-order valence-corrected chi connectivity index (χ1v) is 10.0. The minimum absolute atomic E-state index is 0.341. The average molecular weight is 437 g/mol. The molecule has 3 rings (SSSR count). The molecule has 0 aliphatic heterocycles. The van der Waals surface area contributed by atoms with Crippen LogP contribution in [0.1, 0.15) is 18.1 Å². The largest absolute Gasteiger partial charge is 0.494 e. The molecule has 0 atom stereocenters. The maximum atomic E-state index is 6.23. The van der Waals surface area contributed by atoms with Crippen LogP contribution in [0.25, 0.3) is 0 Å². The lowest BCUT2D eigenvalue weighted by Gasteiger charge is -2.14. The Morgan fingerprint density at radius 3 is 2.21 bits per heavy atom. The van der Waals surface area contributed by atoms with E-state index in [2.05, 4.69) is 5.32 Å². The van der Waals surface area contributed by atoms with E-state index >= 15 is 0 Å². The summed E-state index contributed by atoms with van der Waals surface area (Å²) in [5, 5.41) is 5.21.